The van der Waals surface area contributed by atoms with Gasteiger partial charge in [0.2, 0.25) is 6.29 Å². The summed E-state index contributed by atoms with van der Waals surface area (Å²) in [6, 6.07) is 9.59. The highest BCUT2D eigenvalue weighted by atomic mass is 32.2. The van der Waals surface area contributed by atoms with E-state index < -0.39 is 36.4 Å². The van der Waals surface area contributed by atoms with E-state index in [-0.39, 0.29) is 11.9 Å². The lowest BCUT2D eigenvalue weighted by Gasteiger charge is -2.39. The minimum Gasteiger partial charge on any atom is -0.463 e. The molecule has 0 N–H and O–H groups in total. The highest BCUT2D eigenvalue weighted by Gasteiger charge is 2.43. The monoisotopic (exact) mass is 382 g/mol. The van der Waals surface area contributed by atoms with Crippen molar-refractivity contribution in [2.24, 2.45) is 0 Å². The van der Waals surface area contributed by atoms with Gasteiger partial charge in [-0.1, -0.05) is 18.2 Å². The summed E-state index contributed by atoms with van der Waals surface area (Å²) in [4.78, 5) is 35.0. The van der Waals surface area contributed by atoms with Crippen LogP contribution in [0.1, 0.15) is 27.2 Å². The van der Waals surface area contributed by atoms with Gasteiger partial charge in [0.15, 0.2) is 0 Å². The predicted octanol–water partition coefficient (Wildman–Crippen LogP) is 2.32. The van der Waals surface area contributed by atoms with Gasteiger partial charge in [-0.2, -0.15) is 0 Å². The fraction of sp³-hybridized carbons (Fsp3) is 0.500. The van der Waals surface area contributed by atoms with Crippen molar-refractivity contribution < 1.29 is 33.3 Å². The lowest BCUT2D eigenvalue weighted by molar-refractivity contribution is -0.232. The first kappa shape index (κ1) is 20.3. The van der Waals surface area contributed by atoms with Crippen molar-refractivity contribution in [1.82, 2.24) is 0 Å². The first-order valence-electron chi connectivity index (χ1n) is 8.20. The maximum absolute atomic E-state index is 11.6. The van der Waals surface area contributed by atoms with Crippen molar-refractivity contribution in [2.45, 2.75) is 55.8 Å². The van der Waals surface area contributed by atoms with Crippen LogP contribution in [0.15, 0.2) is 35.2 Å². The average Bonchev–Trinajstić information content (AvgIpc) is 2.55. The number of carbonyl (C=O) groups is 3. The quantitative estimate of drug-likeness (QED) is 0.547. The molecule has 1 aromatic carbocycles. The summed E-state index contributed by atoms with van der Waals surface area (Å²) in [6.45, 7) is 3.79. The summed E-state index contributed by atoms with van der Waals surface area (Å²) < 4.78 is 21.4. The molecule has 1 heterocycles. The molecule has 26 heavy (non-hydrogen) atoms. The fourth-order valence-corrected chi connectivity index (χ4v) is 3.90. The molecule has 0 unspecified atom stereocenters. The Kier molecular flexibility index (Phi) is 7.47. The van der Waals surface area contributed by atoms with Crippen molar-refractivity contribution >= 4 is 29.7 Å². The molecule has 0 bridgehead atoms. The van der Waals surface area contributed by atoms with Crippen LogP contribution >= 0.6 is 11.8 Å². The Hall–Kier alpha value is -2.06. The molecule has 0 radical (unpaired) electrons. The van der Waals surface area contributed by atoms with E-state index >= 15 is 0 Å². The second-order valence-corrected chi connectivity index (χ2v) is 7.11. The van der Waals surface area contributed by atoms with Crippen LogP contribution < -0.4 is 0 Å². The van der Waals surface area contributed by atoms with Gasteiger partial charge in [-0.05, 0) is 12.1 Å². The Morgan fingerprint density at radius 1 is 1.04 bits per heavy atom. The fourth-order valence-electron chi connectivity index (χ4n) is 2.62. The maximum Gasteiger partial charge on any atom is 0.304 e. The molecule has 1 fully saturated rings. The van der Waals surface area contributed by atoms with Gasteiger partial charge in [0.1, 0.15) is 18.8 Å². The van der Waals surface area contributed by atoms with E-state index in [1.807, 2.05) is 30.3 Å². The Morgan fingerprint density at radius 3 is 2.27 bits per heavy atom. The molecule has 0 amide bonds. The minimum absolute atomic E-state index is 0.100. The predicted molar refractivity (Wildman–Crippen MR) is 93.3 cm³/mol. The molecule has 1 aliphatic heterocycles. The number of thioether (sulfide) groups is 1. The smallest absolute Gasteiger partial charge is 0.304 e. The largest absolute Gasteiger partial charge is 0.463 e. The number of hydrogen-bond acceptors (Lipinski definition) is 8. The summed E-state index contributed by atoms with van der Waals surface area (Å²) in [7, 11) is 0. The summed E-state index contributed by atoms with van der Waals surface area (Å²) in [5.74, 6) is -1.41. The van der Waals surface area contributed by atoms with Crippen molar-refractivity contribution in [1.29, 1.82) is 0 Å². The standard InChI is InChI=1S/C18H22O7S/c1-11(19)22-10-15-18(24-13(3)21)16(9-17(25-15)23-12(2)20)26-14-7-5-4-6-8-14/h4-8,15-18H,9-10H2,1-3H3/t15-,16+,17-,18-/m1/s1. The molecular formula is C18H22O7S. The van der Waals surface area contributed by atoms with Crippen LogP contribution in [0.3, 0.4) is 0 Å². The highest BCUT2D eigenvalue weighted by molar-refractivity contribution is 8.00. The van der Waals surface area contributed by atoms with Crippen molar-refractivity contribution in [3.8, 4) is 0 Å². The van der Waals surface area contributed by atoms with Gasteiger partial charge in [0.25, 0.3) is 0 Å². The molecule has 4 atom stereocenters. The second-order valence-electron chi connectivity index (χ2n) is 5.80. The van der Waals surface area contributed by atoms with Crippen LogP contribution in [-0.2, 0) is 33.3 Å². The third kappa shape index (κ3) is 6.34. The van der Waals surface area contributed by atoms with Gasteiger partial charge in [-0.25, -0.2) is 0 Å². The molecule has 142 valence electrons. The molecular weight excluding hydrogens is 360 g/mol. The van der Waals surface area contributed by atoms with Crippen LogP contribution in [0.2, 0.25) is 0 Å². The second kappa shape index (κ2) is 9.59. The molecule has 0 aliphatic carbocycles. The van der Waals surface area contributed by atoms with Gasteiger partial charge >= 0.3 is 17.9 Å². The number of esters is 3. The molecule has 2 rings (SSSR count). The van der Waals surface area contributed by atoms with Gasteiger partial charge in [-0.3, -0.25) is 14.4 Å². The van der Waals surface area contributed by atoms with E-state index in [0.29, 0.717) is 6.42 Å². The molecule has 0 saturated carbocycles. The number of rotatable bonds is 6. The normalized spacial score (nSPS) is 25.2. The Labute approximate surface area is 156 Å². The lowest BCUT2D eigenvalue weighted by atomic mass is 10.0. The van der Waals surface area contributed by atoms with Crippen LogP contribution in [0.4, 0.5) is 0 Å². The summed E-state index contributed by atoms with van der Waals surface area (Å²) in [5.41, 5.74) is 0. The third-order valence-electron chi connectivity index (χ3n) is 3.57. The Balaban J connectivity index is 2.22. The van der Waals surface area contributed by atoms with Crippen LogP contribution in [0.5, 0.6) is 0 Å². The molecule has 8 heteroatoms. The molecule has 1 saturated heterocycles. The summed E-state index contributed by atoms with van der Waals surface area (Å²) in [5, 5.41) is -0.236. The van der Waals surface area contributed by atoms with E-state index in [4.69, 9.17) is 18.9 Å². The van der Waals surface area contributed by atoms with E-state index in [0.717, 1.165) is 4.90 Å². The lowest BCUT2D eigenvalue weighted by Crippen LogP contribution is -2.52. The number of benzene rings is 1. The van der Waals surface area contributed by atoms with E-state index in [2.05, 4.69) is 0 Å². The van der Waals surface area contributed by atoms with Crippen molar-refractivity contribution in [2.75, 3.05) is 6.61 Å². The van der Waals surface area contributed by atoms with Crippen LogP contribution in [0.25, 0.3) is 0 Å². The van der Waals surface area contributed by atoms with E-state index in [9.17, 15) is 14.4 Å². The number of hydrogen-bond donors (Lipinski definition) is 0. The summed E-state index contributed by atoms with van der Waals surface area (Å²) in [6.07, 6.45) is -1.85. The maximum atomic E-state index is 11.6. The molecule has 0 aromatic heterocycles. The van der Waals surface area contributed by atoms with E-state index in [1.54, 1.807) is 0 Å². The molecule has 0 spiro atoms. The zero-order valence-corrected chi connectivity index (χ0v) is 15.7. The summed E-state index contributed by atoms with van der Waals surface area (Å²) >= 11 is 1.49. The van der Waals surface area contributed by atoms with Gasteiger partial charge in [-0.15, -0.1) is 11.8 Å². The molecule has 7 nitrogen and oxygen atoms in total. The highest BCUT2D eigenvalue weighted by Crippen LogP contribution is 2.36. The number of carbonyl (C=O) groups excluding carboxylic acids is 3. The minimum atomic E-state index is -0.805. The van der Waals surface area contributed by atoms with Crippen LogP contribution in [0, 0.1) is 0 Å². The average molecular weight is 382 g/mol. The van der Waals surface area contributed by atoms with Crippen molar-refractivity contribution in [3.05, 3.63) is 30.3 Å². The molecule has 1 aliphatic rings. The van der Waals surface area contributed by atoms with Gasteiger partial charge in [0, 0.05) is 32.1 Å². The zero-order chi connectivity index (χ0) is 19.1. The first-order chi connectivity index (χ1) is 12.3. The Bertz CT molecular complexity index is 634. The number of ether oxygens (including phenoxy) is 4. The van der Waals surface area contributed by atoms with Gasteiger partial charge in [0.05, 0.1) is 5.25 Å². The molecule has 1 aromatic rings. The van der Waals surface area contributed by atoms with E-state index in [1.165, 1.54) is 32.5 Å². The van der Waals surface area contributed by atoms with Crippen LogP contribution in [-0.4, -0.2) is 48.3 Å². The Morgan fingerprint density at radius 2 is 1.69 bits per heavy atom. The zero-order valence-electron chi connectivity index (χ0n) is 14.9. The van der Waals surface area contributed by atoms with Crippen molar-refractivity contribution in [3.63, 3.8) is 0 Å². The van der Waals surface area contributed by atoms with Gasteiger partial charge < -0.3 is 18.9 Å². The first-order valence-corrected chi connectivity index (χ1v) is 9.08. The third-order valence-corrected chi connectivity index (χ3v) is 4.87. The SMILES string of the molecule is CC(=O)OC[C@H]1O[C@@H](OC(C)=O)C[C@H](Sc2ccccc2)[C@@H]1OC(C)=O. The topological polar surface area (TPSA) is 88.1 Å².